The van der Waals surface area contributed by atoms with Crippen LogP contribution in [0.1, 0.15) is 51.4 Å². The zero-order valence-electron chi connectivity index (χ0n) is 20.1. The molecule has 0 saturated carbocycles. The molecule has 4 rings (SSSR count). The van der Waals surface area contributed by atoms with E-state index in [1.807, 2.05) is 6.92 Å². The van der Waals surface area contributed by atoms with Crippen molar-refractivity contribution >= 4 is 29.1 Å². The van der Waals surface area contributed by atoms with Crippen molar-refractivity contribution in [1.82, 2.24) is 20.1 Å². The van der Waals surface area contributed by atoms with E-state index in [0.29, 0.717) is 17.9 Å². The van der Waals surface area contributed by atoms with Crippen LogP contribution in [0.2, 0.25) is 5.02 Å². The Kier molecular flexibility index (Phi) is 7.30. The van der Waals surface area contributed by atoms with Gasteiger partial charge in [0.15, 0.2) is 5.75 Å². The summed E-state index contributed by atoms with van der Waals surface area (Å²) in [5, 5.41) is 6.87. The monoisotopic (exact) mass is 537 g/mol. The number of fused-ring (bicyclic) bond motifs is 1. The molecule has 1 aliphatic rings. The van der Waals surface area contributed by atoms with Crippen molar-refractivity contribution in [2.24, 2.45) is 0 Å². The number of hydrogen-bond donors (Lipinski definition) is 1. The van der Waals surface area contributed by atoms with Gasteiger partial charge in [-0.05, 0) is 31.5 Å². The Morgan fingerprint density at radius 3 is 2.59 bits per heavy atom. The van der Waals surface area contributed by atoms with Crippen molar-refractivity contribution in [2.45, 2.75) is 32.1 Å². The Bertz CT molecular complexity index is 1340. The number of anilines is 1. The number of halogens is 4. The van der Waals surface area contributed by atoms with Gasteiger partial charge in [-0.3, -0.25) is 14.3 Å². The van der Waals surface area contributed by atoms with E-state index in [9.17, 15) is 22.8 Å². The molecule has 1 aliphatic heterocycles. The number of methoxy groups -OCH3 is 2. The fourth-order valence-electron chi connectivity index (χ4n) is 4.26. The summed E-state index contributed by atoms with van der Waals surface area (Å²) in [4.78, 5) is 32.0. The van der Waals surface area contributed by atoms with E-state index in [0.717, 1.165) is 12.1 Å². The molecule has 0 fully saturated rings. The van der Waals surface area contributed by atoms with Crippen molar-refractivity contribution in [3.63, 3.8) is 0 Å². The number of carbonyl (C=O) groups excluding carboxylic acids is 2. The Morgan fingerprint density at radius 2 is 1.95 bits per heavy atom. The first kappa shape index (κ1) is 26.3. The number of pyridine rings is 1. The van der Waals surface area contributed by atoms with Crippen LogP contribution in [-0.2, 0) is 12.7 Å². The molecule has 3 aromatic rings. The predicted molar refractivity (Wildman–Crippen MR) is 128 cm³/mol. The van der Waals surface area contributed by atoms with E-state index >= 15 is 0 Å². The number of ether oxygens (including phenoxy) is 2. The third-order valence-electron chi connectivity index (χ3n) is 5.98. The van der Waals surface area contributed by atoms with Crippen molar-refractivity contribution < 1.29 is 32.2 Å². The van der Waals surface area contributed by atoms with E-state index < -0.39 is 29.3 Å². The van der Waals surface area contributed by atoms with Crippen molar-refractivity contribution in [3.8, 4) is 11.6 Å². The van der Waals surface area contributed by atoms with Crippen LogP contribution in [0.25, 0.3) is 0 Å². The van der Waals surface area contributed by atoms with Crippen LogP contribution in [0.15, 0.2) is 36.7 Å². The molecule has 13 heteroatoms. The minimum Gasteiger partial charge on any atom is -0.491 e. The summed E-state index contributed by atoms with van der Waals surface area (Å²) < 4.78 is 52.6. The highest BCUT2D eigenvalue weighted by Crippen LogP contribution is 2.37. The quantitative estimate of drug-likeness (QED) is 0.497. The maximum absolute atomic E-state index is 13.6. The molecule has 0 aliphatic carbocycles. The van der Waals surface area contributed by atoms with Crippen LogP contribution >= 0.6 is 11.6 Å². The fourth-order valence-corrected chi connectivity index (χ4v) is 4.43. The van der Waals surface area contributed by atoms with Crippen LogP contribution in [-0.4, -0.2) is 47.3 Å². The summed E-state index contributed by atoms with van der Waals surface area (Å²) in [6.45, 7) is 2.41. The molecular formula is C24H23ClF3N5O4. The normalized spacial score (nSPS) is 15.2. The van der Waals surface area contributed by atoms with Crippen molar-refractivity contribution in [2.75, 3.05) is 25.7 Å². The average Bonchev–Trinajstić information content (AvgIpc) is 3.32. The van der Waals surface area contributed by atoms with Crippen LogP contribution in [0, 0.1) is 0 Å². The molecule has 0 unspecified atom stereocenters. The van der Waals surface area contributed by atoms with Gasteiger partial charge >= 0.3 is 6.18 Å². The van der Waals surface area contributed by atoms with Gasteiger partial charge in [-0.2, -0.15) is 18.3 Å². The second kappa shape index (κ2) is 10.3. The maximum atomic E-state index is 13.6. The third kappa shape index (κ3) is 5.06. The second-order valence-corrected chi connectivity index (χ2v) is 8.56. The molecule has 196 valence electrons. The number of aromatic nitrogens is 3. The number of nitrogens with one attached hydrogen (secondary N) is 1. The highest BCUT2D eigenvalue weighted by atomic mass is 35.5. The van der Waals surface area contributed by atoms with Crippen LogP contribution < -0.4 is 19.7 Å². The molecule has 1 atom stereocenters. The largest absolute Gasteiger partial charge is 0.491 e. The molecule has 9 nitrogen and oxygen atoms in total. The lowest BCUT2D eigenvalue weighted by Gasteiger charge is -2.33. The number of amides is 2. The number of rotatable bonds is 6. The molecule has 0 bridgehead atoms. The predicted octanol–water partition coefficient (Wildman–Crippen LogP) is 4.51. The first-order valence-electron chi connectivity index (χ1n) is 11.2. The lowest BCUT2D eigenvalue weighted by Crippen LogP contribution is -2.42. The van der Waals surface area contributed by atoms with E-state index in [2.05, 4.69) is 15.4 Å². The average molecular weight is 538 g/mol. The van der Waals surface area contributed by atoms with Gasteiger partial charge in [0.25, 0.3) is 17.7 Å². The molecule has 0 saturated heterocycles. The zero-order valence-corrected chi connectivity index (χ0v) is 20.9. The first-order valence-corrected chi connectivity index (χ1v) is 11.6. The van der Waals surface area contributed by atoms with Gasteiger partial charge in [-0.15, -0.1) is 0 Å². The van der Waals surface area contributed by atoms with Gasteiger partial charge in [-0.1, -0.05) is 11.6 Å². The molecular weight excluding hydrogens is 515 g/mol. The summed E-state index contributed by atoms with van der Waals surface area (Å²) in [6, 6.07) is 3.81. The lowest BCUT2D eigenvalue weighted by molar-refractivity contribution is -0.137. The van der Waals surface area contributed by atoms with Crippen molar-refractivity contribution in [1.29, 1.82) is 0 Å². The van der Waals surface area contributed by atoms with Crippen molar-refractivity contribution in [3.05, 3.63) is 64.1 Å². The van der Waals surface area contributed by atoms with Crippen LogP contribution in [0.3, 0.4) is 0 Å². The highest BCUT2D eigenvalue weighted by molar-refractivity contribution is 6.30. The minimum absolute atomic E-state index is 0.133. The molecule has 0 radical (unpaired) electrons. The number of carbonyl (C=O) groups is 2. The fraction of sp³-hybridized carbons (Fsp3) is 0.333. The SMILES string of the molecule is CCn1ncc2c1[C@H](NC(=O)c1ccc(Cl)cc1C(F)(F)F)CCN2C(=O)c1cnc(OC)c(OC)c1. The minimum atomic E-state index is -4.77. The topological polar surface area (TPSA) is 98.6 Å². The molecule has 1 N–H and O–H groups in total. The number of alkyl halides is 3. The van der Waals surface area contributed by atoms with Gasteiger partial charge in [0, 0.05) is 30.4 Å². The Hall–Kier alpha value is -3.80. The lowest BCUT2D eigenvalue weighted by atomic mass is 10.0. The number of nitrogens with zero attached hydrogens (tertiary/aromatic N) is 4. The molecule has 1 aromatic carbocycles. The highest BCUT2D eigenvalue weighted by Gasteiger charge is 2.38. The van der Waals surface area contributed by atoms with Crippen LogP contribution in [0.5, 0.6) is 11.6 Å². The second-order valence-electron chi connectivity index (χ2n) is 8.13. The maximum Gasteiger partial charge on any atom is 0.417 e. The summed E-state index contributed by atoms with van der Waals surface area (Å²) >= 11 is 5.74. The standard InChI is InChI=1S/C24H23ClF3N5O4/c1-4-33-20-17(31-21(34)15-6-5-14(25)10-16(15)24(26,27)28)7-8-32(18(20)12-30-33)23(35)13-9-19(36-2)22(37-3)29-11-13/h5-6,9-12,17H,4,7-8H2,1-3H3,(H,31,34)/t17-/m1/s1. The molecule has 3 heterocycles. The summed E-state index contributed by atoms with van der Waals surface area (Å²) in [5.41, 5.74) is -0.491. The summed E-state index contributed by atoms with van der Waals surface area (Å²) in [7, 11) is 2.86. The third-order valence-corrected chi connectivity index (χ3v) is 6.22. The number of aryl methyl sites for hydroxylation is 1. The number of hydrogen-bond acceptors (Lipinski definition) is 6. The van der Waals surface area contributed by atoms with E-state index in [-0.39, 0.29) is 41.1 Å². The van der Waals surface area contributed by atoms with Gasteiger partial charge in [-0.25, -0.2) is 4.98 Å². The van der Waals surface area contributed by atoms with E-state index in [1.54, 1.807) is 4.68 Å². The van der Waals surface area contributed by atoms with Gasteiger partial charge in [0.05, 0.1) is 54.5 Å². The zero-order chi connectivity index (χ0) is 26.9. The molecule has 2 amide bonds. The van der Waals surface area contributed by atoms with Gasteiger partial charge in [0.1, 0.15) is 0 Å². The first-order chi connectivity index (χ1) is 17.6. The Balaban J connectivity index is 1.65. The Morgan fingerprint density at radius 1 is 1.19 bits per heavy atom. The summed E-state index contributed by atoms with van der Waals surface area (Å²) in [5.74, 6) is -0.788. The van der Waals surface area contributed by atoms with E-state index in [1.165, 1.54) is 43.6 Å². The van der Waals surface area contributed by atoms with E-state index in [4.69, 9.17) is 21.1 Å². The number of benzene rings is 1. The molecule has 2 aromatic heterocycles. The smallest absolute Gasteiger partial charge is 0.417 e. The van der Waals surface area contributed by atoms with Gasteiger partial charge < -0.3 is 19.7 Å². The van der Waals surface area contributed by atoms with Crippen LogP contribution in [0.4, 0.5) is 18.9 Å². The summed E-state index contributed by atoms with van der Waals surface area (Å²) in [6.07, 6.45) is -1.67. The molecule has 0 spiro atoms. The Labute approximate surface area is 215 Å². The molecule has 37 heavy (non-hydrogen) atoms. The van der Waals surface area contributed by atoms with Gasteiger partial charge in [0.2, 0.25) is 0 Å².